The van der Waals surface area contributed by atoms with E-state index in [2.05, 4.69) is 0 Å². The van der Waals surface area contributed by atoms with Crippen molar-refractivity contribution in [3.05, 3.63) is 35.9 Å². The van der Waals surface area contributed by atoms with Crippen molar-refractivity contribution in [2.45, 2.75) is 96.6 Å². The fourth-order valence-electron chi connectivity index (χ4n) is 7.51. The number of carbonyl (C=O) groups is 5. The minimum Gasteiger partial charge on any atom is -0.465 e. The summed E-state index contributed by atoms with van der Waals surface area (Å²) in [7, 11) is 0. The third-order valence-electron chi connectivity index (χ3n) is 8.70. The molecule has 1 aliphatic heterocycles. The molecule has 1 saturated heterocycles. The summed E-state index contributed by atoms with van der Waals surface area (Å²) in [4.78, 5) is 63.8. The number of benzene rings is 1. The molecule has 2 bridgehead atoms. The van der Waals surface area contributed by atoms with E-state index in [1.54, 1.807) is 39.0 Å². The average molecular weight is 591 g/mol. The van der Waals surface area contributed by atoms with Gasteiger partial charge in [-0.2, -0.15) is 0 Å². The molecule has 3 fully saturated rings. The van der Waals surface area contributed by atoms with Gasteiger partial charge < -0.3 is 33.5 Å². The van der Waals surface area contributed by atoms with Crippen molar-refractivity contribution in [3.8, 4) is 0 Å². The highest BCUT2D eigenvalue weighted by Gasteiger charge is 2.85. The highest BCUT2D eigenvalue weighted by atomic mass is 16.6. The Hall–Kier alpha value is -3.51. The molecule has 1 heterocycles. The van der Waals surface area contributed by atoms with Crippen molar-refractivity contribution in [1.82, 2.24) is 0 Å². The normalized spacial score (nSPS) is 36.1. The topological polar surface area (TPSA) is 161 Å². The average Bonchev–Trinajstić information content (AvgIpc) is 3.07. The smallest absolute Gasteiger partial charge is 0.338 e. The van der Waals surface area contributed by atoms with Gasteiger partial charge in [-0.15, -0.1) is 0 Å². The number of fused-ring (bicyclic) bond motifs is 1. The number of rotatable bonds is 7. The Morgan fingerprint density at radius 2 is 1.40 bits per heavy atom. The molecule has 0 unspecified atom stereocenters. The first kappa shape index (κ1) is 31.4. The van der Waals surface area contributed by atoms with E-state index in [4.69, 9.17) is 28.4 Å². The minimum absolute atomic E-state index is 0.0257. The first-order valence-corrected chi connectivity index (χ1v) is 13.9. The van der Waals surface area contributed by atoms with Crippen LogP contribution < -0.4 is 0 Å². The van der Waals surface area contributed by atoms with Gasteiger partial charge in [0.1, 0.15) is 35.9 Å². The van der Waals surface area contributed by atoms with Gasteiger partial charge in [-0.05, 0) is 38.3 Å². The van der Waals surface area contributed by atoms with E-state index in [0.717, 1.165) is 13.8 Å². The first-order chi connectivity index (χ1) is 19.6. The van der Waals surface area contributed by atoms with Gasteiger partial charge in [0.2, 0.25) is 0 Å². The lowest BCUT2D eigenvalue weighted by molar-refractivity contribution is -0.328. The van der Waals surface area contributed by atoms with Crippen molar-refractivity contribution in [1.29, 1.82) is 0 Å². The molecule has 12 heteroatoms. The molecular formula is C30H38O12. The Kier molecular flexibility index (Phi) is 8.45. The van der Waals surface area contributed by atoms with Gasteiger partial charge >= 0.3 is 29.8 Å². The maximum absolute atomic E-state index is 13.7. The van der Waals surface area contributed by atoms with E-state index in [1.807, 2.05) is 0 Å². The van der Waals surface area contributed by atoms with E-state index < -0.39 is 95.4 Å². The molecule has 0 aromatic heterocycles. The maximum atomic E-state index is 13.7. The predicted octanol–water partition coefficient (Wildman–Crippen LogP) is 2.13. The maximum Gasteiger partial charge on any atom is 0.338 e. The zero-order chi connectivity index (χ0) is 31.2. The summed E-state index contributed by atoms with van der Waals surface area (Å²) >= 11 is 0. The monoisotopic (exact) mass is 590 g/mol. The number of carbonyl (C=O) groups excluding carboxylic acids is 5. The molecule has 4 rings (SSSR count). The Balaban J connectivity index is 2.09. The quantitative estimate of drug-likeness (QED) is 0.364. The number of aliphatic hydroxyl groups excluding tert-OH is 1. The lowest BCUT2D eigenvalue weighted by Gasteiger charge is -2.64. The zero-order valence-electron chi connectivity index (χ0n) is 24.8. The summed E-state index contributed by atoms with van der Waals surface area (Å²) in [6.45, 7) is 9.27. The number of ether oxygens (including phenoxy) is 6. The van der Waals surface area contributed by atoms with Crippen LogP contribution in [-0.2, 0) is 47.6 Å². The predicted molar refractivity (Wildman–Crippen MR) is 143 cm³/mol. The van der Waals surface area contributed by atoms with Crippen LogP contribution in [0.5, 0.6) is 0 Å². The molecule has 9 atom stereocenters. The van der Waals surface area contributed by atoms with E-state index in [0.29, 0.717) is 0 Å². The molecule has 42 heavy (non-hydrogen) atoms. The van der Waals surface area contributed by atoms with E-state index in [1.165, 1.54) is 26.0 Å². The summed E-state index contributed by atoms with van der Waals surface area (Å²) in [5.74, 6) is -5.27. The molecule has 2 saturated carbocycles. The van der Waals surface area contributed by atoms with Crippen LogP contribution in [0.4, 0.5) is 0 Å². The van der Waals surface area contributed by atoms with Gasteiger partial charge in [-0.25, -0.2) is 4.79 Å². The van der Waals surface area contributed by atoms with E-state index in [-0.39, 0.29) is 12.0 Å². The van der Waals surface area contributed by atoms with E-state index >= 15 is 0 Å². The van der Waals surface area contributed by atoms with Crippen LogP contribution in [0.15, 0.2) is 30.3 Å². The van der Waals surface area contributed by atoms with Gasteiger partial charge in [0.05, 0.1) is 23.2 Å². The van der Waals surface area contributed by atoms with Crippen LogP contribution in [0.25, 0.3) is 0 Å². The Labute approximate surface area is 243 Å². The first-order valence-electron chi connectivity index (χ1n) is 13.9. The molecule has 0 amide bonds. The van der Waals surface area contributed by atoms with Crippen molar-refractivity contribution < 1.29 is 57.5 Å². The van der Waals surface area contributed by atoms with Crippen molar-refractivity contribution in [3.63, 3.8) is 0 Å². The highest BCUT2D eigenvalue weighted by Crippen LogP contribution is 2.68. The lowest BCUT2D eigenvalue weighted by Crippen LogP contribution is -2.81. The van der Waals surface area contributed by atoms with Crippen LogP contribution in [0, 0.1) is 17.3 Å². The van der Waals surface area contributed by atoms with E-state index in [9.17, 15) is 29.1 Å². The molecule has 0 radical (unpaired) electrons. The SMILES string of the molecule is CC(=O)OC[C@]12[C@H](OC(=O)c3ccccc3)[C@@H](OC(C)=O)[C@@H]3[C@@H](OC(C)=O)[C@]1(OC3(C)C)[C@H](C)C[C@H](O)[C@@H]2OC(C)=O. The standard InChI is InChI=1S/C30H38O12/c1-15-13-21(35)24(39-18(4)33)29(14-37-16(2)31)26(41-27(36)20-11-9-8-10-12-20)23(38-17(3)32)22-25(40-19(5)34)30(15,29)42-28(22,6)7/h8-12,15,21-26,35H,13-14H2,1-7H3/t15-,21+,22-,23+,24+,25-,26-,29+,30-/m1/s1. The molecule has 12 nitrogen and oxygen atoms in total. The molecule has 230 valence electrons. The molecule has 1 aromatic rings. The molecule has 1 aromatic carbocycles. The number of esters is 5. The number of hydrogen-bond acceptors (Lipinski definition) is 12. The fraction of sp³-hybridized carbons (Fsp3) is 0.633. The summed E-state index contributed by atoms with van der Waals surface area (Å²) in [5, 5.41) is 11.5. The Bertz CT molecular complexity index is 1240. The van der Waals surface area contributed by atoms with Crippen LogP contribution in [0.2, 0.25) is 0 Å². The van der Waals surface area contributed by atoms with Crippen molar-refractivity contribution in [2.24, 2.45) is 17.3 Å². The summed E-state index contributed by atoms with van der Waals surface area (Å²) in [6, 6.07) is 8.04. The van der Waals surface area contributed by atoms with Crippen LogP contribution in [-0.4, -0.2) is 83.3 Å². The third kappa shape index (κ3) is 5.04. The lowest BCUT2D eigenvalue weighted by atomic mass is 9.47. The molecule has 2 aliphatic carbocycles. The van der Waals surface area contributed by atoms with Crippen molar-refractivity contribution in [2.75, 3.05) is 6.61 Å². The van der Waals surface area contributed by atoms with Gasteiger partial charge in [-0.3, -0.25) is 19.2 Å². The van der Waals surface area contributed by atoms with Gasteiger partial charge in [0.15, 0.2) is 6.10 Å². The Morgan fingerprint density at radius 1 is 0.833 bits per heavy atom. The fourth-order valence-corrected chi connectivity index (χ4v) is 7.51. The zero-order valence-corrected chi connectivity index (χ0v) is 24.8. The minimum atomic E-state index is -1.92. The van der Waals surface area contributed by atoms with Gasteiger partial charge in [-0.1, -0.05) is 25.1 Å². The molecule has 3 aliphatic rings. The van der Waals surface area contributed by atoms with Gasteiger partial charge in [0.25, 0.3) is 0 Å². The van der Waals surface area contributed by atoms with Crippen molar-refractivity contribution >= 4 is 29.8 Å². The number of aliphatic hydroxyl groups is 1. The third-order valence-corrected chi connectivity index (χ3v) is 8.70. The summed E-state index contributed by atoms with van der Waals surface area (Å²) in [5.41, 5.74) is -4.60. The molecular weight excluding hydrogens is 552 g/mol. The highest BCUT2D eigenvalue weighted by molar-refractivity contribution is 5.89. The second-order valence-corrected chi connectivity index (χ2v) is 11.9. The van der Waals surface area contributed by atoms with Crippen LogP contribution in [0.3, 0.4) is 0 Å². The Morgan fingerprint density at radius 3 is 1.95 bits per heavy atom. The molecule has 1 spiro atoms. The van der Waals surface area contributed by atoms with Crippen LogP contribution >= 0.6 is 0 Å². The van der Waals surface area contributed by atoms with Crippen LogP contribution in [0.1, 0.15) is 65.2 Å². The summed E-state index contributed by atoms with van der Waals surface area (Å²) in [6.07, 6.45) is -6.85. The van der Waals surface area contributed by atoms with Gasteiger partial charge in [0, 0.05) is 27.7 Å². The second kappa shape index (κ2) is 11.3. The number of hydrogen-bond donors (Lipinski definition) is 1. The second-order valence-electron chi connectivity index (χ2n) is 11.9. The largest absolute Gasteiger partial charge is 0.465 e. The summed E-state index contributed by atoms with van der Waals surface area (Å²) < 4.78 is 36.2. The molecule has 1 N–H and O–H groups in total.